The van der Waals surface area contributed by atoms with Crippen molar-refractivity contribution in [3.8, 4) is 28.3 Å². The number of aliphatic imine (C=N–C) groups is 1. The molecule has 0 bridgehead atoms. The van der Waals surface area contributed by atoms with Crippen molar-refractivity contribution in [3.63, 3.8) is 0 Å². The van der Waals surface area contributed by atoms with Crippen LogP contribution < -0.4 is 15.5 Å². The number of amidine groups is 1. The molecule has 1 aromatic carbocycles. The van der Waals surface area contributed by atoms with Crippen molar-refractivity contribution in [3.05, 3.63) is 153 Å². The molecule has 0 N–H and O–H groups in total. The van der Waals surface area contributed by atoms with Gasteiger partial charge >= 0.3 is 5.69 Å². The van der Waals surface area contributed by atoms with Crippen LogP contribution in [0.25, 0.3) is 39.4 Å². The Kier molecular flexibility index (Phi) is 16.3. The fourth-order valence-corrected chi connectivity index (χ4v) is 11.9. The van der Waals surface area contributed by atoms with E-state index in [9.17, 15) is 18.8 Å². The number of rotatable bonds is 8. The second kappa shape index (κ2) is 23.0. The van der Waals surface area contributed by atoms with E-state index in [-0.39, 0.29) is 53.8 Å². The number of benzene rings is 1. The Morgan fingerprint density at radius 1 is 0.705 bits per heavy atom. The molecule has 15 nitrogen and oxygen atoms in total. The highest BCUT2D eigenvalue weighted by atomic mass is 35.5. The van der Waals surface area contributed by atoms with E-state index in [1.807, 2.05) is 83.7 Å². The SMILES string of the molecule is C=CC(=O)N1CC(C)N(C2=NC(=C)N(C3CCCCC3)c3nc(-c4ccccc4F)c(Cl)cc32)CC1C.C=CC(=O)N1CC(C)N(c2nc(=O)n(-c3c(C)ccnc3C(C)C)c3nc(-c4ncccc4C)c(Cl)cc23)CC1C. The van der Waals surface area contributed by atoms with Crippen LogP contribution in [0.15, 0.2) is 114 Å². The molecule has 406 valence electrons. The molecule has 3 aliphatic heterocycles. The molecule has 18 heteroatoms. The molecule has 6 aromatic rings. The van der Waals surface area contributed by atoms with E-state index in [0.717, 1.165) is 53.9 Å². The summed E-state index contributed by atoms with van der Waals surface area (Å²) in [6, 6.07) is 15.9. The van der Waals surface area contributed by atoms with E-state index in [1.54, 1.807) is 40.1 Å². The van der Waals surface area contributed by atoms with Crippen LogP contribution in [0, 0.1) is 19.7 Å². The molecule has 3 fully saturated rings. The lowest BCUT2D eigenvalue weighted by Crippen LogP contribution is -2.60. The number of nitrogens with zero attached hydrogens (tertiary/aromatic N) is 12. The summed E-state index contributed by atoms with van der Waals surface area (Å²) in [5.74, 6) is 2.07. The highest BCUT2D eigenvalue weighted by Crippen LogP contribution is 2.42. The first kappa shape index (κ1) is 55.5. The topological polar surface area (TPSA) is 149 Å². The van der Waals surface area contributed by atoms with Gasteiger partial charge in [0.2, 0.25) is 11.8 Å². The van der Waals surface area contributed by atoms with Gasteiger partial charge < -0.3 is 24.5 Å². The summed E-state index contributed by atoms with van der Waals surface area (Å²) in [6.07, 6.45) is 11.7. The monoisotopic (exact) mass is 1090 g/mol. The first-order chi connectivity index (χ1) is 37.3. The van der Waals surface area contributed by atoms with Gasteiger partial charge in [0.15, 0.2) is 5.65 Å². The zero-order valence-corrected chi connectivity index (χ0v) is 47.2. The second-order valence-electron chi connectivity index (χ2n) is 21.2. The van der Waals surface area contributed by atoms with E-state index in [1.165, 1.54) is 24.6 Å². The predicted molar refractivity (Wildman–Crippen MR) is 310 cm³/mol. The van der Waals surface area contributed by atoms with Crippen molar-refractivity contribution >= 4 is 63.5 Å². The van der Waals surface area contributed by atoms with Crippen molar-refractivity contribution < 1.29 is 14.0 Å². The Labute approximate surface area is 465 Å². The minimum Gasteiger partial charge on any atom is -0.349 e. The number of piperazine rings is 2. The molecule has 2 saturated heterocycles. The number of carbonyl (C=O) groups excluding carboxylic acids is 2. The molecule has 0 spiro atoms. The lowest BCUT2D eigenvalue weighted by Gasteiger charge is -2.47. The lowest BCUT2D eigenvalue weighted by atomic mass is 9.93. The van der Waals surface area contributed by atoms with Gasteiger partial charge in [0.1, 0.15) is 34.8 Å². The van der Waals surface area contributed by atoms with Gasteiger partial charge in [0, 0.05) is 74.3 Å². The van der Waals surface area contributed by atoms with Gasteiger partial charge in [-0.3, -0.25) is 19.6 Å². The third-order valence-corrected chi connectivity index (χ3v) is 16.0. The first-order valence-corrected chi connectivity index (χ1v) is 27.5. The maximum atomic E-state index is 14.8. The second-order valence-corrected chi connectivity index (χ2v) is 22.0. The van der Waals surface area contributed by atoms with E-state index < -0.39 is 5.69 Å². The zero-order valence-electron chi connectivity index (χ0n) is 45.7. The summed E-state index contributed by atoms with van der Waals surface area (Å²) < 4.78 is 16.4. The number of pyridine rings is 4. The van der Waals surface area contributed by atoms with Crippen LogP contribution in [-0.4, -0.2) is 118 Å². The molecule has 0 radical (unpaired) electrons. The van der Waals surface area contributed by atoms with Crippen molar-refractivity contribution in [1.82, 2.24) is 44.2 Å². The molecular weight excluding hydrogens is 1030 g/mol. The first-order valence-electron chi connectivity index (χ1n) is 26.8. The predicted octanol–water partition coefficient (Wildman–Crippen LogP) is 11.3. The van der Waals surface area contributed by atoms with Crippen LogP contribution in [0.2, 0.25) is 10.0 Å². The molecule has 5 aromatic heterocycles. The van der Waals surface area contributed by atoms with Gasteiger partial charge in [-0.1, -0.05) is 94.2 Å². The Morgan fingerprint density at radius 2 is 1.35 bits per heavy atom. The normalized spacial score (nSPS) is 19.8. The summed E-state index contributed by atoms with van der Waals surface area (Å²) in [7, 11) is 0. The third-order valence-electron chi connectivity index (χ3n) is 15.4. The average molecular weight is 1090 g/mol. The smallest absolute Gasteiger partial charge is 0.349 e. The summed E-state index contributed by atoms with van der Waals surface area (Å²) >= 11 is 13.7. The number of halogens is 3. The van der Waals surface area contributed by atoms with Gasteiger partial charge in [-0.05, 0) is 120 Å². The van der Waals surface area contributed by atoms with E-state index in [2.05, 4.69) is 56.3 Å². The van der Waals surface area contributed by atoms with Gasteiger partial charge in [0.25, 0.3) is 0 Å². The molecule has 1 aliphatic carbocycles. The van der Waals surface area contributed by atoms with Crippen LogP contribution in [0.3, 0.4) is 0 Å². The van der Waals surface area contributed by atoms with E-state index in [0.29, 0.717) is 93.0 Å². The Bertz CT molecular complexity index is 3450. The van der Waals surface area contributed by atoms with Gasteiger partial charge in [-0.2, -0.15) is 4.98 Å². The van der Waals surface area contributed by atoms with E-state index >= 15 is 0 Å². The van der Waals surface area contributed by atoms with Crippen LogP contribution in [0.5, 0.6) is 0 Å². The van der Waals surface area contributed by atoms with Gasteiger partial charge in [-0.25, -0.2) is 28.7 Å². The highest BCUT2D eigenvalue weighted by molar-refractivity contribution is 6.34. The number of aromatic nitrogens is 6. The van der Waals surface area contributed by atoms with Crippen molar-refractivity contribution in [2.45, 2.75) is 124 Å². The fourth-order valence-electron chi connectivity index (χ4n) is 11.4. The summed E-state index contributed by atoms with van der Waals surface area (Å²) in [5.41, 5.74) is 5.91. The molecule has 1 saturated carbocycles. The molecule has 4 atom stereocenters. The van der Waals surface area contributed by atoms with E-state index in [4.69, 9.17) is 38.2 Å². The fraction of sp³-hybridized carbons (Fsp3) is 0.383. The molecule has 2 amide bonds. The molecule has 8 heterocycles. The van der Waals surface area contributed by atoms with Crippen LogP contribution in [0.1, 0.15) is 102 Å². The maximum Gasteiger partial charge on any atom is 0.355 e. The number of hydrogen-bond acceptors (Lipinski definition) is 12. The number of anilines is 2. The largest absolute Gasteiger partial charge is 0.355 e. The Hall–Kier alpha value is -7.30. The molecular formula is C60H67Cl2FN12O3. The third kappa shape index (κ3) is 10.6. The van der Waals surface area contributed by atoms with Crippen LogP contribution in [-0.2, 0) is 9.59 Å². The summed E-state index contributed by atoms with van der Waals surface area (Å²) in [5, 5.41) is 1.40. The molecule has 78 heavy (non-hydrogen) atoms. The highest BCUT2D eigenvalue weighted by Gasteiger charge is 2.40. The summed E-state index contributed by atoms with van der Waals surface area (Å²) in [6.45, 7) is 29.8. The number of amides is 2. The maximum absolute atomic E-state index is 14.8. The zero-order chi connectivity index (χ0) is 55.9. The van der Waals surface area contributed by atoms with Crippen molar-refractivity contribution in [1.29, 1.82) is 0 Å². The van der Waals surface area contributed by atoms with Crippen molar-refractivity contribution in [2.24, 2.45) is 4.99 Å². The van der Waals surface area contributed by atoms with Crippen molar-refractivity contribution in [2.75, 3.05) is 36.0 Å². The number of carbonyl (C=O) groups is 2. The Morgan fingerprint density at radius 3 is 1.99 bits per heavy atom. The molecule has 10 rings (SSSR count). The van der Waals surface area contributed by atoms with Gasteiger partial charge in [-0.15, -0.1) is 0 Å². The number of aryl methyl sites for hydroxylation is 2. The number of fused-ring (bicyclic) bond motifs is 2. The average Bonchev–Trinajstić information content (AvgIpc) is 3.54. The Balaban J connectivity index is 0.000000191. The number of hydrogen-bond donors (Lipinski definition) is 0. The van der Waals surface area contributed by atoms with Gasteiger partial charge in [0.05, 0.1) is 43.8 Å². The van der Waals surface area contributed by atoms with Crippen LogP contribution >= 0.6 is 23.2 Å². The standard InChI is InChI=1S/C31H34ClN7O2.C29H33ClFN5O/c1-8-24(40)37-15-21(7)38(16-20(37)6)29-22-14-23(32)27(26-18(4)10-9-12-33-26)35-30(22)39(31(41)36-29)28-19(5)11-13-34-25(28)17(2)3;1-5-26(37)34-16-19(3)35(17-18(34)2)28-23-15-24(30)27(22-13-9-10-14-25(22)31)33-29(23)36(20(4)32-28)21-11-7-6-8-12-21/h8-14,17,20-21H,1,15-16H2,2-7H3;5,9-10,13-15,18-19,21H,1,4,6-8,11-12,16-17H2,2-3H3. The summed E-state index contributed by atoms with van der Waals surface area (Å²) in [4.78, 5) is 77.9. The minimum atomic E-state index is -0.464. The quantitative estimate of drug-likeness (QED) is 0.134. The lowest BCUT2D eigenvalue weighted by molar-refractivity contribution is -0.131. The van der Waals surface area contributed by atoms with Crippen LogP contribution in [0.4, 0.5) is 16.0 Å². The molecule has 4 unspecified atom stereocenters. The minimum absolute atomic E-state index is 0.00532. The molecule has 4 aliphatic rings.